The molecular weight excluding hydrogens is 328 g/mol. The normalized spacial score (nSPS) is 21.3. The molecular formula is C16H22N4O3S. The van der Waals surface area contributed by atoms with Crippen molar-refractivity contribution >= 4 is 15.8 Å². The molecule has 24 heavy (non-hydrogen) atoms. The Balaban J connectivity index is 1.58. The van der Waals surface area contributed by atoms with E-state index in [0.717, 1.165) is 0 Å². The monoisotopic (exact) mass is 350 g/mol. The Hall–Kier alpha value is -1.69. The van der Waals surface area contributed by atoms with Gasteiger partial charge in [-0.1, -0.05) is 0 Å². The molecule has 8 heteroatoms. The molecule has 1 aromatic heterocycles. The highest BCUT2D eigenvalue weighted by Crippen LogP contribution is 2.24. The standard InChI is InChI=1S/C16H22N4O3S/c17-12-13-2-1-7-18-16(13)19-14-3-8-20(9-4-14)24(21,22)15-5-10-23-11-6-15/h1-2,7,14-15H,3-6,8-11H2,(H,18,19). The second-order valence-electron chi connectivity index (χ2n) is 6.19. The van der Waals surface area contributed by atoms with Gasteiger partial charge in [0, 0.05) is 38.5 Å². The molecule has 2 aliphatic heterocycles. The number of hydrogen-bond acceptors (Lipinski definition) is 6. The molecule has 0 bridgehead atoms. The number of anilines is 1. The van der Waals surface area contributed by atoms with E-state index in [-0.39, 0.29) is 11.3 Å². The van der Waals surface area contributed by atoms with Crippen molar-refractivity contribution in [1.29, 1.82) is 5.26 Å². The van der Waals surface area contributed by atoms with Gasteiger partial charge >= 0.3 is 0 Å². The Morgan fingerprint density at radius 1 is 1.25 bits per heavy atom. The zero-order chi connectivity index (χ0) is 17.0. The summed E-state index contributed by atoms with van der Waals surface area (Å²) in [6, 6.07) is 5.70. The number of aromatic nitrogens is 1. The molecule has 0 unspecified atom stereocenters. The molecule has 0 amide bonds. The van der Waals surface area contributed by atoms with Gasteiger partial charge in [-0.05, 0) is 37.8 Å². The summed E-state index contributed by atoms with van der Waals surface area (Å²) in [4.78, 5) is 4.21. The number of nitriles is 1. The minimum Gasteiger partial charge on any atom is -0.381 e. The van der Waals surface area contributed by atoms with Crippen molar-refractivity contribution < 1.29 is 13.2 Å². The third-order valence-electron chi connectivity index (χ3n) is 4.67. The van der Waals surface area contributed by atoms with Crippen LogP contribution in [0.4, 0.5) is 5.82 Å². The Kier molecular flexibility index (Phi) is 5.33. The van der Waals surface area contributed by atoms with Gasteiger partial charge in [0.2, 0.25) is 10.0 Å². The van der Waals surface area contributed by atoms with E-state index in [1.165, 1.54) is 0 Å². The lowest BCUT2D eigenvalue weighted by molar-refractivity contribution is 0.0969. The molecule has 7 nitrogen and oxygen atoms in total. The highest BCUT2D eigenvalue weighted by Gasteiger charge is 2.35. The summed E-state index contributed by atoms with van der Waals surface area (Å²) in [5, 5.41) is 12.1. The highest BCUT2D eigenvalue weighted by molar-refractivity contribution is 7.89. The number of pyridine rings is 1. The number of piperidine rings is 1. The predicted molar refractivity (Wildman–Crippen MR) is 89.9 cm³/mol. The number of ether oxygens (including phenoxy) is 1. The lowest BCUT2D eigenvalue weighted by Gasteiger charge is -2.35. The molecule has 2 aliphatic rings. The summed E-state index contributed by atoms with van der Waals surface area (Å²) in [5.41, 5.74) is 0.509. The molecule has 2 saturated heterocycles. The van der Waals surface area contributed by atoms with E-state index in [9.17, 15) is 8.42 Å². The fourth-order valence-electron chi connectivity index (χ4n) is 3.24. The summed E-state index contributed by atoms with van der Waals surface area (Å²) < 4.78 is 32.3. The van der Waals surface area contributed by atoms with Crippen LogP contribution in [0.2, 0.25) is 0 Å². The lowest BCUT2D eigenvalue weighted by Crippen LogP contribution is -2.47. The van der Waals surface area contributed by atoms with Crippen LogP contribution in [0.1, 0.15) is 31.2 Å². The van der Waals surface area contributed by atoms with E-state index >= 15 is 0 Å². The first-order chi connectivity index (χ1) is 11.6. The topological polar surface area (TPSA) is 95.3 Å². The van der Waals surface area contributed by atoms with E-state index in [4.69, 9.17) is 10.00 Å². The zero-order valence-electron chi connectivity index (χ0n) is 13.5. The van der Waals surface area contributed by atoms with Crippen LogP contribution in [-0.4, -0.2) is 55.3 Å². The fourth-order valence-corrected chi connectivity index (χ4v) is 5.17. The van der Waals surface area contributed by atoms with E-state index in [1.54, 1.807) is 22.6 Å². The van der Waals surface area contributed by atoms with E-state index in [0.29, 0.717) is 63.4 Å². The van der Waals surface area contributed by atoms with Crippen LogP contribution < -0.4 is 5.32 Å². The quantitative estimate of drug-likeness (QED) is 0.880. The Labute approximate surface area is 142 Å². The van der Waals surface area contributed by atoms with Crippen LogP contribution in [0.25, 0.3) is 0 Å². The second-order valence-corrected chi connectivity index (χ2v) is 8.40. The Morgan fingerprint density at radius 3 is 2.62 bits per heavy atom. The summed E-state index contributed by atoms with van der Waals surface area (Å²) >= 11 is 0. The predicted octanol–water partition coefficient (Wildman–Crippen LogP) is 1.34. The Bertz CT molecular complexity index is 702. The molecule has 3 heterocycles. The van der Waals surface area contributed by atoms with Crippen LogP contribution in [0.5, 0.6) is 0 Å². The van der Waals surface area contributed by atoms with Crippen LogP contribution in [0, 0.1) is 11.3 Å². The van der Waals surface area contributed by atoms with Gasteiger partial charge in [0.1, 0.15) is 11.9 Å². The van der Waals surface area contributed by atoms with Crippen molar-refractivity contribution in [2.75, 3.05) is 31.6 Å². The van der Waals surface area contributed by atoms with Gasteiger partial charge in [-0.25, -0.2) is 17.7 Å². The van der Waals surface area contributed by atoms with Crippen molar-refractivity contribution in [3.8, 4) is 6.07 Å². The molecule has 3 rings (SSSR count). The van der Waals surface area contributed by atoms with Crippen LogP contribution in [0.3, 0.4) is 0 Å². The van der Waals surface area contributed by atoms with E-state index < -0.39 is 10.0 Å². The zero-order valence-corrected chi connectivity index (χ0v) is 14.3. The first-order valence-corrected chi connectivity index (χ1v) is 9.80. The number of nitrogens with zero attached hydrogens (tertiary/aromatic N) is 3. The highest BCUT2D eigenvalue weighted by atomic mass is 32.2. The molecule has 0 aliphatic carbocycles. The van der Waals surface area contributed by atoms with Crippen LogP contribution >= 0.6 is 0 Å². The molecule has 0 aromatic carbocycles. The third-order valence-corrected chi connectivity index (χ3v) is 7.07. The van der Waals surface area contributed by atoms with Gasteiger partial charge in [0.05, 0.1) is 10.8 Å². The largest absolute Gasteiger partial charge is 0.381 e. The van der Waals surface area contributed by atoms with Gasteiger partial charge in [-0.3, -0.25) is 0 Å². The number of rotatable bonds is 4. The van der Waals surface area contributed by atoms with Crippen molar-refractivity contribution in [3.63, 3.8) is 0 Å². The van der Waals surface area contributed by atoms with Crippen molar-refractivity contribution in [2.24, 2.45) is 0 Å². The first-order valence-electron chi connectivity index (χ1n) is 8.29. The fraction of sp³-hybridized carbons (Fsp3) is 0.625. The molecule has 2 fully saturated rings. The molecule has 0 spiro atoms. The number of nitrogens with one attached hydrogen (secondary N) is 1. The maximum absolute atomic E-state index is 12.7. The van der Waals surface area contributed by atoms with Gasteiger partial charge in [-0.2, -0.15) is 5.26 Å². The van der Waals surface area contributed by atoms with Crippen molar-refractivity contribution in [3.05, 3.63) is 23.9 Å². The summed E-state index contributed by atoms with van der Waals surface area (Å²) in [6.07, 6.45) is 4.24. The van der Waals surface area contributed by atoms with Gasteiger partial charge in [-0.15, -0.1) is 0 Å². The minimum atomic E-state index is -3.24. The summed E-state index contributed by atoms with van der Waals surface area (Å²) in [7, 11) is -3.24. The molecule has 0 saturated carbocycles. The van der Waals surface area contributed by atoms with Crippen molar-refractivity contribution in [1.82, 2.24) is 9.29 Å². The average molecular weight is 350 g/mol. The second kappa shape index (κ2) is 7.47. The van der Waals surface area contributed by atoms with Crippen LogP contribution in [-0.2, 0) is 14.8 Å². The van der Waals surface area contributed by atoms with Gasteiger partial charge in [0.25, 0.3) is 0 Å². The summed E-state index contributed by atoms with van der Waals surface area (Å²) in [6.45, 7) is 2.06. The summed E-state index contributed by atoms with van der Waals surface area (Å²) in [5.74, 6) is 0.575. The molecule has 1 aromatic rings. The molecule has 0 radical (unpaired) electrons. The number of sulfonamides is 1. The molecule has 0 atom stereocenters. The molecule has 1 N–H and O–H groups in total. The third kappa shape index (κ3) is 3.69. The van der Waals surface area contributed by atoms with E-state index in [2.05, 4.69) is 16.4 Å². The first kappa shape index (κ1) is 17.1. The Morgan fingerprint density at radius 2 is 1.96 bits per heavy atom. The smallest absolute Gasteiger partial charge is 0.217 e. The maximum atomic E-state index is 12.7. The van der Waals surface area contributed by atoms with Gasteiger partial charge < -0.3 is 10.1 Å². The number of hydrogen-bond donors (Lipinski definition) is 1. The maximum Gasteiger partial charge on any atom is 0.217 e. The van der Waals surface area contributed by atoms with E-state index in [1.807, 2.05) is 0 Å². The van der Waals surface area contributed by atoms with Crippen molar-refractivity contribution in [2.45, 2.75) is 37.0 Å². The lowest BCUT2D eigenvalue weighted by atomic mass is 10.1. The average Bonchev–Trinajstić information content (AvgIpc) is 2.63. The SMILES string of the molecule is N#Cc1cccnc1NC1CCN(S(=O)(=O)C2CCOCC2)CC1. The molecule has 130 valence electrons. The van der Waals surface area contributed by atoms with Crippen LogP contribution in [0.15, 0.2) is 18.3 Å². The minimum absolute atomic E-state index is 0.133. The van der Waals surface area contributed by atoms with Gasteiger partial charge in [0.15, 0.2) is 0 Å².